The number of esters is 2. The smallest absolute Gasteiger partial charge is 0.313 e. The molecule has 10 heteroatoms. The van der Waals surface area contributed by atoms with Gasteiger partial charge < -0.3 is 9.47 Å². The summed E-state index contributed by atoms with van der Waals surface area (Å²) in [5.74, 6) is -0.976. The number of rotatable bonds is 6. The molecule has 0 amide bonds. The van der Waals surface area contributed by atoms with E-state index in [1.807, 2.05) is 0 Å². The number of pyridine rings is 2. The normalized spacial score (nSPS) is 9.23. The molecule has 0 unspecified atom stereocenters. The molecule has 0 aliphatic heterocycles. The summed E-state index contributed by atoms with van der Waals surface area (Å²) in [6.45, 7) is 7.15. The van der Waals surface area contributed by atoms with Crippen LogP contribution in [0.3, 0.4) is 0 Å². The minimum absolute atomic E-state index is 0.0359. The molecule has 8 nitrogen and oxygen atoms in total. The first-order chi connectivity index (χ1) is 14.6. The van der Waals surface area contributed by atoms with Gasteiger partial charge in [0.05, 0.1) is 13.2 Å². The monoisotopic (exact) mass is 558 g/mol. The Bertz CT molecular complexity index is 890. The average Bonchev–Trinajstić information content (AvgIpc) is 2.69. The third-order valence-corrected chi connectivity index (χ3v) is 3.96. The minimum atomic E-state index is -0.512. The third kappa shape index (κ3) is 14.2. The SMILES string of the molecule is CC(=O)c1cncc(Br)c1.CCOC(=O)CC(=O)c1cncc(Br)c1.CCOC(C)=O. The largest absolute Gasteiger partial charge is 0.466 e. The molecule has 0 radical (unpaired) electrons. The fourth-order valence-corrected chi connectivity index (χ4v) is 2.55. The third-order valence-electron chi connectivity index (χ3n) is 3.10. The van der Waals surface area contributed by atoms with Gasteiger partial charge in [0, 0.05) is 51.8 Å². The van der Waals surface area contributed by atoms with Crippen molar-refractivity contribution >= 4 is 55.4 Å². The van der Waals surface area contributed by atoms with Gasteiger partial charge in [-0.3, -0.25) is 29.1 Å². The van der Waals surface area contributed by atoms with Crippen LogP contribution in [0.15, 0.2) is 45.9 Å². The van der Waals surface area contributed by atoms with Crippen LogP contribution in [0, 0.1) is 0 Å². The number of Topliss-reactive ketones (excluding diaryl/α,β-unsaturated/α-hetero) is 2. The zero-order valence-corrected chi connectivity index (χ0v) is 20.9. The fourth-order valence-electron chi connectivity index (χ4n) is 1.82. The predicted molar refractivity (Wildman–Crippen MR) is 122 cm³/mol. The lowest BCUT2D eigenvalue weighted by molar-refractivity contribution is -0.142. The van der Waals surface area contributed by atoms with Gasteiger partial charge in [0.1, 0.15) is 6.42 Å². The second-order valence-corrected chi connectivity index (χ2v) is 7.50. The van der Waals surface area contributed by atoms with E-state index in [0.717, 1.165) is 4.47 Å². The van der Waals surface area contributed by atoms with Crippen molar-refractivity contribution in [2.24, 2.45) is 0 Å². The quantitative estimate of drug-likeness (QED) is 0.287. The predicted octanol–water partition coefficient (Wildman–Crippen LogP) is 4.60. The van der Waals surface area contributed by atoms with E-state index in [2.05, 4.69) is 51.3 Å². The van der Waals surface area contributed by atoms with Crippen LogP contribution in [0.25, 0.3) is 0 Å². The molecule has 31 heavy (non-hydrogen) atoms. The number of ether oxygens (including phenoxy) is 2. The lowest BCUT2D eigenvalue weighted by atomic mass is 10.1. The Hall–Kier alpha value is -2.46. The van der Waals surface area contributed by atoms with Gasteiger partial charge in [0.15, 0.2) is 11.6 Å². The van der Waals surface area contributed by atoms with Crippen molar-refractivity contribution in [3.8, 4) is 0 Å². The molecule has 0 spiro atoms. The van der Waals surface area contributed by atoms with Crippen LogP contribution in [0.5, 0.6) is 0 Å². The van der Waals surface area contributed by atoms with Crippen molar-refractivity contribution in [1.82, 2.24) is 9.97 Å². The van der Waals surface area contributed by atoms with Crippen molar-refractivity contribution in [3.05, 3.63) is 57.0 Å². The van der Waals surface area contributed by atoms with Crippen LogP contribution in [0.2, 0.25) is 0 Å². The molecule has 0 aliphatic carbocycles. The van der Waals surface area contributed by atoms with Crippen LogP contribution < -0.4 is 0 Å². The van der Waals surface area contributed by atoms with Crippen LogP contribution in [-0.4, -0.2) is 46.7 Å². The van der Waals surface area contributed by atoms with E-state index in [-0.39, 0.29) is 30.6 Å². The molecule has 2 rings (SSSR count). The Balaban J connectivity index is 0.000000484. The van der Waals surface area contributed by atoms with Gasteiger partial charge in [0.2, 0.25) is 0 Å². The van der Waals surface area contributed by atoms with E-state index in [1.54, 1.807) is 44.6 Å². The summed E-state index contributed by atoms with van der Waals surface area (Å²) in [5.41, 5.74) is 1.03. The molecule has 0 bridgehead atoms. The first-order valence-corrected chi connectivity index (χ1v) is 10.7. The summed E-state index contributed by atoms with van der Waals surface area (Å²) >= 11 is 6.41. The van der Waals surface area contributed by atoms with Gasteiger partial charge in [0.25, 0.3) is 0 Å². The zero-order chi connectivity index (χ0) is 23.8. The summed E-state index contributed by atoms with van der Waals surface area (Å²) in [6.07, 6.45) is 5.94. The van der Waals surface area contributed by atoms with Crippen molar-refractivity contribution in [3.63, 3.8) is 0 Å². The summed E-state index contributed by atoms with van der Waals surface area (Å²) < 4.78 is 10.6. The summed E-state index contributed by atoms with van der Waals surface area (Å²) in [4.78, 5) is 50.8. The Kier molecular flexibility index (Phi) is 15.0. The molecule has 0 aliphatic rings. The molecule has 168 valence electrons. The highest BCUT2D eigenvalue weighted by Gasteiger charge is 2.12. The highest BCUT2D eigenvalue weighted by Crippen LogP contribution is 2.11. The molecule has 2 heterocycles. The van der Waals surface area contributed by atoms with Crippen LogP contribution >= 0.6 is 31.9 Å². The highest BCUT2D eigenvalue weighted by atomic mass is 79.9. The number of aromatic nitrogens is 2. The van der Waals surface area contributed by atoms with Gasteiger partial charge in [-0.1, -0.05) is 0 Å². The molecule has 0 atom stereocenters. The summed E-state index contributed by atoms with van der Waals surface area (Å²) in [5, 5.41) is 0. The van der Waals surface area contributed by atoms with Gasteiger partial charge >= 0.3 is 11.9 Å². The lowest BCUT2D eigenvalue weighted by Gasteiger charge is -2.01. The number of halogens is 2. The van der Waals surface area contributed by atoms with E-state index >= 15 is 0 Å². The van der Waals surface area contributed by atoms with Crippen LogP contribution in [0.4, 0.5) is 0 Å². The van der Waals surface area contributed by atoms with Crippen molar-refractivity contribution < 1.29 is 28.7 Å². The number of hydrogen-bond donors (Lipinski definition) is 0. The summed E-state index contributed by atoms with van der Waals surface area (Å²) in [7, 11) is 0. The number of carbonyl (C=O) groups is 4. The Morgan fingerprint density at radius 1 is 0.806 bits per heavy atom. The maximum Gasteiger partial charge on any atom is 0.313 e. The molecule has 0 N–H and O–H groups in total. The number of carbonyl (C=O) groups excluding carboxylic acids is 4. The van der Waals surface area contributed by atoms with E-state index in [0.29, 0.717) is 22.2 Å². The van der Waals surface area contributed by atoms with Crippen molar-refractivity contribution in [1.29, 1.82) is 0 Å². The average molecular weight is 560 g/mol. The van der Waals surface area contributed by atoms with Crippen molar-refractivity contribution in [2.75, 3.05) is 13.2 Å². The van der Waals surface area contributed by atoms with E-state index < -0.39 is 5.97 Å². The number of nitrogens with zero attached hydrogens (tertiary/aromatic N) is 2. The second-order valence-electron chi connectivity index (χ2n) is 5.67. The Labute approximate surface area is 198 Å². The number of ketones is 2. The van der Waals surface area contributed by atoms with E-state index in [4.69, 9.17) is 0 Å². The fraction of sp³-hybridized carbons (Fsp3) is 0.333. The maximum atomic E-state index is 11.5. The topological polar surface area (TPSA) is 113 Å². The van der Waals surface area contributed by atoms with E-state index in [1.165, 1.54) is 20.0 Å². The van der Waals surface area contributed by atoms with E-state index in [9.17, 15) is 19.2 Å². The zero-order valence-electron chi connectivity index (χ0n) is 17.7. The first kappa shape index (κ1) is 28.5. The van der Waals surface area contributed by atoms with Crippen LogP contribution in [0.1, 0.15) is 54.8 Å². The minimum Gasteiger partial charge on any atom is -0.466 e. The van der Waals surface area contributed by atoms with Crippen LogP contribution in [-0.2, 0) is 19.1 Å². The van der Waals surface area contributed by atoms with Gasteiger partial charge in [-0.25, -0.2) is 0 Å². The van der Waals surface area contributed by atoms with Gasteiger partial charge in [-0.2, -0.15) is 0 Å². The number of hydrogen-bond acceptors (Lipinski definition) is 8. The molecule has 0 fully saturated rings. The molecule has 0 aromatic carbocycles. The Morgan fingerprint density at radius 2 is 1.29 bits per heavy atom. The van der Waals surface area contributed by atoms with Gasteiger partial charge in [-0.05, 0) is 64.8 Å². The molecular formula is C21H24Br2N2O6. The lowest BCUT2D eigenvalue weighted by Crippen LogP contribution is -2.11. The van der Waals surface area contributed by atoms with Gasteiger partial charge in [-0.15, -0.1) is 0 Å². The molecule has 2 aromatic rings. The summed E-state index contributed by atoms with van der Waals surface area (Å²) in [6, 6.07) is 3.36. The highest BCUT2D eigenvalue weighted by molar-refractivity contribution is 9.10. The maximum absolute atomic E-state index is 11.5. The molecule has 2 aromatic heterocycles. The second kappa shape index (κ2) is 16.3. The molecular weight excluding hydrogens is 536 g/mol. The molecule has 0 saturated carbocycles. The first-order valence-electron chi connectivity index (χ1n) is 9.14. The standard InChI is InChI=1S/C10H10BrNO3.C7H6BrNO.C4H8O2/c1-2-15-10(14)4-9(13)7-3-8(11)6-12-5-7;1-5(10)6-2-7(8)4-9-3-6;1-3-6-4(2)5/h3,5-6H,2,4H2,1H3;2-4H,1H3;3H2,1-2H3. The Morgan fingerprint density at radius 3 is 1.65 bits per heavy atom. The molecule has 0 saturated heterocycles. The van der Waals surface area contributed by atoms with Crippen molar-refractivity contribution in [2.45, 2.75) is 34.1 Å².